The first kappa shape index (κ1) is 12.0. The topological polar surface area (TPSA) is 55.1 Å². The molecule has 98 valence electrons. The number of hydrogen-bond acceptors (Lipinski definition) is 4. The fourth-order valence-corrected chi connectivity index (χ4v) is 3.86. The quantitative estimate of drug-likeness (QED) is 0.839. The molecule has 0 amide bonds. The van der Waals surface area contributed by atoms with E-state index < -0.39 is 0 Å². The van der Waals surface area contributed by atoms with Crippen LogP contribution in [0.5, 0.6) is 0 Å². The SMILES string of the molecule is c1cn(CCCN=C2NC3CCCC3CS2)nn1. The highest BCUT2D eigenvalue weighted by Crippen LogP contribution is 2.32. The molecule has 1 saturated carbocycles. The van der Waals surface area contributed by atoms with Gasteiger partial charge in [0.25, 0.3) is 0 Å². The summed E-state index contributed by atoms with van der Waals surface area (Å²) < 4.78 is 1.86. The van der Waals surface area contributed by atoms with Crippen LogP contribution in [0.2, 0.25) is 0 Å². The molecule has 1 N–H and O–H groups in total. The van der Waals surface area contributed by atoms with E-state index in [0.717, 1.165) is 30.6 Å². The molecule has 1 aromatic rings. The van der Waals surface area contributed by atoms with Crippen LogP contribution in [0.25, 0.3) is 0 Å². The fourth-order valence-electron chi connectivity index (χ4n) is 2.67. The lowest BCUT2D eigenvalue weighted by Crippen LogP contribution is -2.41. The lowest BCUT2D eigenvalue weighted by atomic mass is 10.1. The number of aromatic nitrogens is 3. The molecule has 1 aromatic heterocycles. The van der Waals surface area contributed by atoms with Crippen LogP contribution in [-0.2, 0) is 6.54 Å². The highest BCUT2D eigenvalue weighted by Gasteiger charge is 2.31. The Morgan fingerprint density at radius 3 is 3.39 bits per heavy atom. The van der Waals surface area contributed by atoms with Crippen molar-refractivity contribution in [2.24, 2.45) is 10.9 Å². The highest BCUT2D eigenvalue weighted by atomic mass is 32.2. The molecule has 1 saturated heterocycles. The van der Waals surface area contributed by atoms with Gasteiger partial charge in [-0.1, -0.05) is 23.4 Å². The Kier molecular flexibility index (Phi) is 3.83. The van der Waals surface area contributed by atoms with Crippen molar-refractivity contribution in [3.63, 3.8) is 0 Å². The Hall–Kier alpha value is -1.04. The van der Waals surface area contributed by atoms with E-state index in [1.165, 1.54) is 25.0 Å². The van der Waals surface area contributed by atoms with Gasteiger partial charge in [-0.05, 0) is 25.2 Å². The summed E-state index contributed by atoms with van der Waals surface area (Å²) in [5, 5.41) is 12.5. The van der Waals surface area contributed by atoms with Gasteiger partial charge in [0.2, 0.25) is 0 Å². The summed E-state index contributed by atoms with van der Waals surface area (Å²) in [6, 6.07) is 0.695. The largest absolute Gasteiger partial charge is 0.362 e. The summed E-state index contributed by atoms with van der Waals surface area (Å²) in [4.78, 5) is 4.65. The van der Waals surface area contributed by atoms with Crippen LogP contribution in [0, 0.1) is 5.92 Å². The van der Waals surface area contributed by atoms with Crippen LogP contribution >= 0.6 is 11.8 Å². The minimum absolute atomic E-state index is 0.695. The van der Waals surface area contributed by atoms with E-state index in [0.29, 0.717) is 6.04 Å². The normalized spacial score (nSPS) is 29.2. The van der Waals surface area contributed by atoms with E-state index in [2.05, 4.69) is 20.6 Å². The predicted molar refractivity (Wildman–Crippen MR) is 73.7 cm³/mol. The molecule has 3 rings (SSSR count). The molecule has 2 fully saturated rings. The van der Waals surface area contributed by atoms with Gasteiger partial charge in [-0.15, -0.1) is 5.10 Å². The summed E-state index contributed by atoms with van der Waals surface area (Å²) in [6.07, 6.45) is 8.72. The molecule has 1 aliphatic carbocycles. The van der Waals surface area contributed by atoms with Crippen LogP contribution in [0.4, 0.5) is 0 Å². The van der Waals surface area contributed by atoms with Crippen LogP contribution in [0.1, 0.15) is 25.7 Å². The number of nitrogens with zero attached hydrogens (tertiary/aromatic N) is 4. The smallest absolute Gasteiger partial charge is 0.156 e. The standard InChI is InChI=1S/C12H19N5S/c1-3-10-9-18-12(15-11(10)4-1)13-5-2-7-17-8-6-14-16-17/h6,8,10-11H,1-5,7,9H2,(H,13,15). The van der Waals surface area contributed by atoms with E-state index >= 15 is 0 Å². The third-order valence-electron chi connectivity index (χ3n) is 3.67. The van der Waals surface area contributed by atoms with Gasteiger partial charge in [-0.25, -0.2) is 0 Å². The maximum atomic E-state index is 4.65. The Morgan fingerprint density at radius 2 is 2.50 bits per heavy atom. The Balaban J connectivity index is 1.42. The van der Waals surface area contributed by atoms with Gasteiger partial charge in [0, 0.05) is 31.1 Å². The average molecular weight is 265 g/mol. The Labute approximate surface area is 111 Å². The van der Waals surface area contributed by atoms with Crippen LogP contribution < -0.4 is 5.32 Å². The molecule has 6 heteroatoms. The second kappa shape index (κ2) is 5.73. The second-order valence-electron chi connectivity index (χ2n) is 4.96. The number of aryl methyl sites for hydroxylation is 1. The number of hydrogen-bond donors (Lipinski definition) is 1. The monoisotopic (exact) mass is 265 g/mol. The summed E-state index contributed by atoms with van der Waals surface area (Å²) >= 11 is 1.89. The first-order valence-corrected chi connectivity index (χ1v) is 7.68. The van der Waals surface area contributed by atoms with Crippen molar-refractivity contribution in [2.75, 3.05) is 12.3 Å². The third-order valence-corrected chi connectivity index (χ3v) is 4.79. The number of fused-ring (bicyclic) bond motifs is 1. The molecular weight excluding hydrogens is 246 g/mol. The number of aliphatic imine (C=N–C) groups is 1. The van der Waals surface area contributed by atoms with Crippen molar-refractivity contribution in [3.05, 3.63) is 12.4 Å². The summed E-state index contributed by atoms with van der Waals surface area (Å²) in [7, 11) is 0. The summed E-state index contributed by atoms with van der Waals surface area (Å²) in [5.74, 6) is 2.13. The van der Waals surface area contributed by atoms with Gasteiger partial charge >= 0.3 is 0 Å². The van der Waals surface area contributed by atoms with Crippen molar-refractivity contribution in [1.29, 1.82) is 0 Å². The van der Waals surface area contributed by atoms with Crippen molar-refractivity contribution in [3.8, 4) is 0 Å². The lowest BCUT2D eigenvalue weighted by Gasteiger charge is -2.28. The third kappa shape index (κ3) is 2.85. The molecule has 5 nitrogen and oxygen atoms in total. The minimum Gasteiger partial charge on any atom is -0.362 e. The van der Waals surface area contributed by atoms with Gasteiger partial charge in [0.1, 0.15) is 0 Å². The van der Waals surface area contributed by atoms with E-state index in [4.69, 9.17) is 0 Å². The zero-order valence-corrected chi connectivity index (χ0v) is 11.3. The highest BCUT2D eigenvalue weighted by molar-refractivity contribution is 8.13. The molecule has 0 radical (unpaired) electrons. The van der Waals surface area contributed by atoms with Gasteiger partial charge in [0.05, 0.1) is 6.20 Å². The zero-order valence-electron chi connectivity index (χ0n) is 10.5. The maximum absolute atomic E-state index is 4.65. The van der Waals surface area contributed by atoms with E-state index in [9.17, 15) is 0 Å². The van der Waals surface area contributed by atoms with Crippen LogP contribution in [0.3, 0.4) is 0 Å². The first-order valence-electron chi connectivity index (χ1n) is 6.70. The van der Waals surface area contributed by atoms with E-state index in [-0.39, 0.29) is 0 Å². The van der Waals surface area contributed by atoms with Crippen molar-refractivity contribution in [2.45, 2.75) is 38.3 Å². The lowest BCUT2D eigenvalue weighted by molar-refractivity contribution is 0.489. The molecule has 2 heterocycles. The molecule has 2 atom stereocenters. The Bertz CT molecular complexity index is 403. The van der Waals surface area contributed by atoms with Crippen molar-refractivity contribution >= 4 is 16.9 Å². The van der Waals surface area contributed by atoms with Crippen molar-refractivity contribution < 1.29 is 0 Å². The number of nitrogens with one attached hydrogen (secondary N) is 1. The fraction of sp³-hybridized carbons (Fsp3) is 0.750. The van der Waals surface area contributed by atoms with E-state index in [1.54, 1.807) is 6.20 Å². The predicted octanol–water partition coefficient (Wildman–Crippen LogP) is 1.53. The second-order valence-corrected chi connectivity index (χ2v) is 5.97. The van der Waals surface area contributed by atoms with Crippen LogP contribution in [-0.4, -0.2) is 38.5 Å². The summed E-state index contributed by atoms with van der Waals surface area (Å²) in [6.45, 7) is 1.76. The van der Waals surface area contributed by atoms with Crippen molar-refractivity contribution in [1.82, 2.24) is 20.3 Å². The molecule has 0 aromatic carbocycles. The van der Waals surface area contributed by atoms with Gasteiger partial charge in [-0.3, -0.25) is 9.67 Å². The molecular formula is C12H19N5S. The number of thioether (sulfide) groups is 1. The van der Waals surface area contributed by atoms with Gasteiger partial charge in [0.15, 0.2) is 5.17 Å². The molecule has 1 aliphatic heterocycles. The van der Waals surface area contributed by atoms with Gasteiger partial charge < -0.3 is 5.32 Å². The molecule has 2 aliphatic rings. The zero-order chi connectivity index (χ0) is 12.2. The van der Waals surface area contributed by atoms with Gasteiger partial charge in [-0.2, -0.15) is 0 Å². The molecule has 0 bridgehead atoms. The Morgan fingerprint density at radius 1 is 1.50 bits per heavy atom. The molecule has 2 unspecified atom stereocenters. The molecule has 18 heavy (non-hydrogen) atoms. The first-order chi connectivity index (χ1) is 8.92. The summed E-state index contributed by atoms with van der Waals surface area (Å²) in [5.41, 5.74) is 0. The van der Waals surface area contributed by atoms with Crippen LogP contribution in [0.15, 0.2) is 17.4 Å². The van der Waals surface area contributed by atoms with E-state index in [1.807, 2.05) is 22.6 Å². The maximum Gasteiger partial charge on any atom is 0.156 e. The number of amidine groups is 1. The minimum atomic E-state index is 0.695. The number of rotatable bonds is 4. The molecule has 0 spiro atoms. The average Bonchev–Trinajstić information content (AvgIpc) is 3.05.